The van der Waals surface area contributed by atoms with E-state index in [1.54, 1.807) is 11.8 Å². The molecule has 1 aliphatic rings. The molecule has 1 saturated heterocycles. The molecule has 1 N–H and O–H groups in total. The molecule has 0 aromatic heterocycles. The monoisotopic (exact) mass is 360 g/mol. The molecule has 2 rings (SSSR count). The number of piperidine rings is 1. The maximum atomic E-state index is 12.4. The highest BCUT2D eigenvalue weighted by atomic mass is 16.5. The van der Waals surface area contributed by atoms with Gasteiger partial charge < -0.3 is 15.0 Å². The predicted molar refractivity (Wildman–Crippen MR) is 99.7 cm³/mol. The van der Waals surface area contributed by atoms with Gasteiger partial charge in [0.1, 0.15) is 0 Å². The van der Waals surface area contributed by atoms with Crippen molar-refractivity contribution in [2.24, 2.45) is 5.92 Å². The zero-order valence-corrected chi connectivity index (χ0v) is 16.0. The SMILES string of the molecule is CCC(=O)N1CCCC(C(=O)OC(C)C(=O)Nc2cc(C)ccc2C)C1. The Morgan fingerprint density at radius 1 is 1.31 bits per heavy atom. The Morgan fingerprint density at radius 2 is 2.04 bits per heavy atom. The molecule has 0 spiro atoms. The first-order valence-corrected chi connectivity index (χ1v) is 9.18. The van der Waals surface area contributed by atoms with Crippen molar-refractivity contribution in [3.63, 3.8) is 0 Å². The molecular weight excluding hydrogens is 332 g/mol. The second-order valence-corrected chi connectivity index (χ2v) is 6.92. The first-order valence-electron chi connectivity index (χ1n) is 9.18. The number of esters is 1. The van der Waals surface area contributed by atoms with E-state index in [0.717, 1.165) is 23.2 Å². The molecule has 1 aromatic rings. The number of likely N-dealkylation sites (tertiary alicyclic amines) is 1. The number of nitrogens with one attached hydrogen (secondary N) is 1. The first kappa shape index (κ1) is 19.9. The Hall–Kier alpha value is -2.37. The van der Waals surface area contributed by atoms with Gasteiger partial charge in [-0.2, -0.15) is 0 Å². The second-order valence-electron chi connectivity index (χ2n) is 6.92. The first-order chi connectivity index (χ1) is 12.3. The lowest BCUT2D eigenvalue weighted by molar-refractivity contribution is -0.159. The predicted octanol–water partition coefficient (Wildman–Crippen LogP) is 2.82. The van der Waals surface area contributed by atoms with Crippen LogP contribution in [0.1, 0.15) is 44.2 Å². The molecule has 2 amide bonds. The van der Waals surface area contributed by atoms with Crippen molar-refractivity contribution in [1.82, 2.24) is 4.90 Å². The van der Waals surface area contributed by atoms with Gasteiger partial charge >= 0.3 is 5.97 Å². The van der Waals surface area contributed by atoms with Crippen molar-refractivity contribution in [2.45, 2.75) is 53.1 Å². The summed E-state index contributed by atoms with van der Waals surface area (Å²) in [5.41, 5.74) is 2.71. The van der Waals surface area contributed by atoms with E-state index in [-0.39, 0.29) is 17.7 Å². The molecule has 1 fully saturated rings. The number of nitrogens with zero attached hydrogens (tertiary/aromatic N) is 1. The highest BCUT2D eigenvalue weighted by Crippen LogP contribution is 2.20. The number of carbonyl (C=O) groups is 3. The van der Waals surface area contributed by atoms with Crippen LogP contribution in [0.25, 0.3) is 0 Å². The molecule has 1 aliphatic heterocycles. The average Bonchev–Trinajstić information content (AvgIpc) is 2.63. The summed E-state index contributed by atoms with van der Waals surface area (Å²) >= 11 is 0. The molecule has 1 aromatic carbocycles. The standard InChI is InChI=1S/C20H28N2O4/c1-5-18(23)22-10-6-7-16(12-22)20(25)26-15(4)19(24)21-17-11-13(2)8-9-14(17)3/h8-9,11,15-16H,5-7,10,12H2,1-4H3,(H,21,24). The summed E-state index contributed by atoms with van der Waals surface area (Å²) in [4.78, 5) is 38.3. The third kappa shape index (κ3) is 5.07. The van der Waals surface area contributed by atoms with Gasteiger partial charge in [-0.25, -0.2) is 0 Å². The summed E-state index contributed by atoms with van der Waals surface area (Å²) in [6.45, 7) is 8.29. The molecule has 0 radical (unpaired) electrons. The fourth-order valence-corrected chi connectivity index (χ4v) is 3.05. The Kier molecular flexibility index (Phi) is 6.77. The van der Waals surface area contributed by atoms with E-state index in [9.17, 15) is 14.4 Å². The number of amides is 2. The summed E-state index contributed by atoms with van der Waals surface area (Å²) in [5.74, 6) is -1.09. The Bertz CT molecular complexity index is 686. The minimum absolute atomic E-state index is 0.0446. The molecule has 1 heterocycles. The average molecular weight is 360 g/mol. The molecule has 26 heavy (non-hydrogen) atoms. The highest BCUT2D eigenvalue weighted by Gasteiger charge is 2.31. The molecule has 6 nitrogen and oxygen atoms in total. The number of hydrogen-bond donors (Lipinski definition) is 1. The van der Waals surface area contributed by atoms with E-state index in [0.29, 0.717) is 25.9 Å². The van der Waals surface area contributed by atoms with Crippen molar-refractivity contribution in [2.75, 3.05) is 18.4 Å². The van der Waals surface area contributed by atoms with E-state index >= 15 is 0 Å². The second kappa shape index (κ2) is 8.83. The number of hydrogen-bond acceptors (Lipinski definition) is 4. The van der Waals surface area contributed by atoms with Crippen LogP contribution in [0.4, 0.5) is 5.69 Å². The molecule has 6 heteroatoms. The number of carbonyl (C=O) groups excluding carboxylic acids is 3. The van der Waals surface area contributed by atoms with Gasteiger partial charge in [-0.05, 0) is 50.8 Å². The zero-order chi connectivity index (χ0) is 19.3. The number of benzene rings is 1. The van der Waals surface area contributed by atoms with Gasteiger partial charge in [0, 0.05) is 25.2 Å². The minimum Gasteiger partial charge on any atom is -0.452 e. The number of anilines is 1. The number of ether oxygens (including phenoxy) is 1. The molecule has 2 unspecified atom stereocenters. The van der Waals surface area contributed by atoms with E-state index in [1.165, 1.54) is 0 Å². The van der Waals surface area contributed by atoms with Crippen LogP contribution in [0.15, 0.2) is 18.2 Å². The van der Waals surface area contributed by atoms with Crippen LogP contribution in [-0.2, 0) is 19.1 Å². The smallest absolute Gasteiger partial charge is 0.311 e. The summed E-state index contributed by atoms with van der Waals surface area (Å²) in [6, 6.07) is 5.79. The lowest BCUT2D eigenvalue weighted by atomic mass is 9.98. The van der Waals surface area contributed by atoms with E-state index in [2.05, 4.69) is 5.32 Å². The summed E-state index contributed by atoms with van der Waals surface area (Å²) in [5, 5.41) is 2.81. The summed E-state index contributed by atoms with van der Waals surface area (Å²) < 4.78 is 5.37. The van der Waals surface area contributed by atoms with Crippen LogP contribution in [0.2, 0.25) is 0 Å². The maximum Gasteiger partial charge on any atom is 0.311 e. The largest absolute Gasteiger partial charge is 0.452 e. The van der Waals surface area contributed by atoms with Crippen LogP contribution in [0, 0.1) is 19.8 Å². The lowest BCUT2D eigenvalue weighted by Gasteiger charge is -2.31. The normalized spacial score (nSPS) is 18.2. The quantitative estimate of drug-likeness (QED) is 0.819. The third-order valence-electron chi connectivity index (χ3n) is 4.72. The van der Waals surface area contributed by atoms with E-state index < -0.39 is 12.1 Å². The summed E-state index contributed by atoms with van der Waals surface area (Å²) in [6.07, 6.45) is 0.988. The van der Waals surface area contributed by atoms with Crippen LogP contribution in [0.3, 0.4) is 0 Å². The third-order valence-corrected chi connectivity index (χ3v) is 4.72. The van der Waals surface area contributed by atoms with Crippen LogP contribution < -0.4 is 5.32 Å². The molecule has 0 aliphatic carbocycles. The number of aryl methyl sites for hydroxylation is 2. The van der Waals surface area contributed by atoms with Crippen molar-refractivity contribution >= 4 is 23.5 Å². The summed E-state index contributed by atoms with van der Waals surface area (Å²) in [7, 11) is 0. The fraction of sp³-hybridized carbons (Fsp3) is 0.550. The van der Waals surface area contributed by atoms with Gasteiger partial charge in [0.15, 0.2) is 6.10 Å². The van der Waals surface area contributed by atoms with Crippen LogP contribution in [0.5, 0.6) is 0 Å². The van der Waals surface area contributed by atoms with Gasteiger partial charge in [0.25, 0.3) is 5.91 Å². The highest BCUT2D eigenvalue weighted by molar-refractivity contribution is 5.95. The molecular formula is C20H28N2O4. The Morgan fingerprint density at radius 3 is 2.73 bits per heavy atom. The minimum atomic E-state index is -0.889. The molecule has 2 atom stereocenters. The lowest BCUT2D eigenvalue weighted by Crippen LogP contribution is -2.43. The van der Waals surface area contributed by atoms with E-state index in [4.69, 9.17) is 4.74 Å². The topological polar surface area (TPSA) is 75.7 Å². The van der Waals surface area contributed by atoms with Gasteiger partial charge in [0.2, 0.25) is 5.91 Å². The van der Waals surface area contributed by atoms with Gasteiger partial charge in [-0.3, -0.25) is 14.4 Å². The molecule has 142 valence electrons. The number of rotatable bonds is 5. The van der Waals surface area contributed by atoms with Crippen molar-refractivity contribution in [1.29, 1.82) is 0 Å². The Labute approximate surface area is 154 Å². The molecule has 0 bridgehead atoms. The fourth-order valence-electron chi connectivity index (χ4n) is 3.05. The molecule has 0 saturated carbocycles. The van der Waals surface area contributed by atoms with Crippen molar-refractivity contribution in [3.05, 3.63) is 29.3 Å². The van der Waals surface area contributed by atoms with Crippen molar-refractivity contribution in [3.8, 4) is 0 Å². The van der Waals surface area contributed by atoms with Crippen LogP contribution >= 0.6 is 0 Å². The van der Waals surface area contributed by atoms with E-state index in [1.807, 2.05) is 39.0 Å². The van der Waals surface area contributed by atoms with Gasteiger partial charge in [-0.1, -0.05) is 19.1 Å². The maximum absolute atomic E-state index is 12.4. The Balaban J connectivity index is 1.92. The van der Waals surface area contributed by atoms with Crippen LogP contribution in [-0.4, -0.2) is 41.9 Å². The zero-order valence-electron chi connectivity index (χ0n) is 16.0. The van der Waals surface area contributed by atoms with Crippen molar-refractivity contribution < 1.29 is 19.1 Å². The van der Waals surface area contributed by atoms with Gasteiger partial charge in [0.05, 0.1) is 5.92 Å². The van der Waals surface area contributed by atoms with Gasteiger partial charge in [-0.15, -0.1) is 0 Å².